The summed E-state index contributed by atoms with van der Waals surface area (Å²) in [5.74, 6) is 1.71. The molecule has 0 atom stereocenters. The number of halogens is 1. The van der Waals surface area contributed by atoms with E-state index in [1.165, 1.54) is 5.52 Å². The summed E-state index contributed by atoms with van der Waals surface area (Å²) >= 11 is 7.76. The second-order valence-electron chi connectivity index (χ2n) is 5.01. The average Bonchev–Trinajstić information content (AvgIpc) is 2.68. The predicted octanol–water partition coefficient (Wildman–Crippen LogP) is 3.96. The maximum Gasteiger partial charge on any atom is 0.111 e. The lowest BCUT2D eigenvalue weighted by molar-refractivity contribution is 0.561. The molecule has 0 spiro atoms. The monoisotopic (exact) mass is 282 g/mol. The largest absolute Gasteiger partial charge is 0.327 e. The third-order valence-electron chi connectivity index (χ3n) is 3.14. The van der Waals surface area contributed by atoms with Crippen LogP contribution in [0.3, 0.4) is 0 Å². The molecule has 1 heterocycles. The molecule has 0 bridgehead atoms. The van der Waals surface area contributed by atoms with Crippen LogP contribution < -0.4 is 0 Å². The molecule has 4 heteroatoms. The molecule has 2 rings (SSSR count). The lowest BCUT2D eigenvalue weighted by Gasteiger charge is -2.24. The van der Waals surface area contributed by atoms with E-state index in [4.69, 9.17) is 16.6 Å². The van der Waals surface area contributed by atoms with Gasteiger partial charge < -0.3 is 4.57 Å². The van der Waals surface area contributed by atoms with Crippen molar-refractivity contribution in [2.24, 2.45) is 0 Å². The molecule has 0 amide bonds. The van der Waals surface area contributed by atoms with Crippen LogP contribution in [0.5, 0.6) is 0 Å². The van der Waals surface area contributed by atoms with E-state index in [9.17, 15) is 0 Å². The first-order valence-corrected chi connectivity index (χ1v) is 7.88. The molecule has 0 radical (unpaired) electrons. The molecule has 1 aromatic carbocycles. The Morgan fingerprint density at radius 1 is 1.33 bits per heavy atom. The summed E-state index contributed by atoms with van der Waals surface area (Å²) < 4.78 is 2.51. The average molecular weight is 283 g/mol. The van der Waals surface area contributed by atoms with Crippen molar-refractivity contribution in [1.82, 2.24) is 9.55 Å². The third-order valence-corrected chi connectivity index (χ3v) is 4.57. The molecule has 2 aromatic rings. The molecule has 0 fully saturated rings. The van der Waals surface area contributed by atoms with Gasteiger partial charge in [0.15, 0.2) is 0 Å². The maximum atomic E-state index is 5.88. The van der Waals surface area contributed by atoms with Gasteiger partial charge in [-0.3, -0.25) is 0 Å². The zero-order valence-electron chi connectivity index (χ0n) is 11.1. The Bertz CT molecular complexity index is 534. The topological polar surface area (TPSA) is 17.8 Å². The summed E-state index contributed by atoms with van der Waals surface area (Å²) in [5, 5.41) is 0. The van der Waals surface area contributed by atoms with Crippen LogP contribution in [0.4, 0.5) is 0 Å². The number of nitrogens with zero attached hydrogens (tertiary/aromatic N) is 2. The molecule has 0 saturated heterocycles. The molecule has 2 nitrogen and oxygen atoms in total. The van der Waals surface area contributed by atoms with Gasteiger partial charge in [0, 0.05) is 23.6 Å². The van der Waals surface area contributed by atoms with E-state index in [1.807, 2.05) is 17.8 Å². The van der Waals surface area contributed by atoms with Gasteiger partial charge in [0.05, 0.1) is 11.0 Å². The number of aryl methyl sites for hydroxylation is 1. The molecule has 98 valence electrons. The van der Waals surface area contributed by atoms with Gasteiger partial charge in [0.1, 0.15) is 5.82 Å². The smallest absolute Gasteiger partial charge is 0.111 e. The van der Waals surface area contributed by atoms with Gasteiger partial charge in [-0.1, -0.05) is 12.1 Å². The van der Waals surface area contributed by atoms with Crippen LogP contribution in [-0.4, -0.2) is 26.4 Å². The molecule has 0 N–H and O–H groups in total. The van der Waals surface area contributed by atoms with Crippen molar-refractivity contribution in [3.63, 3.8) is 0 Å². The van der Waals surface area contributed by atoms with Crippen molar-refractivity contribution in [2.45, 2.75) is 31.6 Å². The molecule has 0 aliphatic rings. The van der Waals surface area contributed by atoms with Crippen LogP contribution in [-0.2, 0) is 13.0 Å². The van der Waals surface area contributed by atoms with Gasteiger partial charge in [-0.15, -0.1) is 11.6 Å². The minimum Gasteiger partial charge on any atom is -0.327 e. The third kappa shape index (κ3) is 2.83. The van der Waals surface area contributed by atoms with Crippen molar-refractivity contribution in [3.05, 3.63) is 30.1 Å². The zero-order chi connectivity index (χ0) is 13.2. The normalized spacial score (nSPS) is 12.2. The SMILES string of the molecule is CSC(C)(C)Cn1c(CCCl)nc2ccccc21. The van der Waals surface area contributed by atoms with Crippen molar-refractivity contribution >= 4 is 34.4 Å². The van der Waals surface area contributed by atoms with Crippen molar-refractivity contribution in [3.8, 4) is 0 Å². The van der Waals surface area contributed by atoms with Crippen LogP contribution in [0.2, 0.25) is 0 Å². The Hall–Kier alpha value is -0.670. The summed E-state index contributed by atoms with van der Waals surface area (Å²) in [7, 11) is 0. The fourth-order valence-electron chi connectivity index (χ4n) is 2.02. The highest BCUT2D eigenvalue weighted by molar-refractivity contribution is 7.99. The number of rotatable bonds is 5. The van der Waals surface area contributed by atoms with E-state index < -0.39 is 0 Å². The van der Waals surface area contributed by atoms with E-state index in [-0.39, 0.29) is 4.75 Å². The quantitative estimate of drug-likeness (QED) is 0.773. The van der Waals surface area contributed by atoms with Crippen LogP contribution in [0.1, 0.15) is 19.7 Å². The minimum absolute atomic E-state index is 0.199. The Labute approximate surface area is 118 Å². The molecular weight excluding hydrogens is 264 g/mol. The number of para-hydroxylation sites is 2. The summed E-state index contributed by atoms with van der Waals surface area (Å²) in [4.78, 5) is 4.69. The minimum atomic E-state index is 0.199. The number of fused-ring (bicyclic) bond motifs is 1. The van der Waals surface area contributed by atoms with E-state index in [1.54, 1.807) is 0 Å². The standard InChI is InChI=1S/C14H19ClN2S/c1-14(2,18-3)10-17-12-7-5-4-6-11(12)16-13(17)8-9-15/h4-7H,8-10H2,1-3H3. The number of alkyl halides is 1. The van der Waals surface area contributed by atoms with Crippen LogP contribution >= 0.6 is 23.4 Å². The first-order valence-electron chi connectivity index (χ1n) is 6.12. The lowest BCUT2D eigenvalue weighted by atomic mass is 10.2. The molecule has 0 aliphatic carbocycles. The Morgan fingerprint density at radius 2 is 2.06 bits per heavy atom. The van der Waals surface area contributed by atoms with E-state index in [0.717, 1.165) is 24.3 Å². The highest BCUT2D eigenvalue weighted by Crippen LogP contribution is 2.27. The Balaban J connectivity index is 2.48. The molecule has 18 heavy (non-hydrogen) atoms. The fourth-order valence-corrected chi connectivity index (χ4v) is 2.45. The molecular formula is C14H19ClN2S. The van der Waals surface area contributed by atoms with E-state index in [2.05, 4.69) is 42.9 Å². The van der Waals surface area contributed by atoms with Crippen LogP contribution in [0.15, 0.2) is 24.3 Å². The van der Waals surface area contributed by atoms with Gasteiger partial charge in [0.25, 0.3) is 0 Å². The van der Waals surface area contributed by atoms with Crippen LogP contribution in [0.25, 0.3) is 11.0 Å². The summed E-state index contributed by atoms with van der Waals surface area (Å²) in [6.45, 7) is 5.48. The number of hydrogen-bond acceptors (Lipinski definition) is 2. The maximum absolute atomic E-state index is 5.88. The summed E-state index contributed by atoms with van der Waals surface area (Å²) in [6, 6.07) is 8.30. The number of hydrogen-bond donors (Lipinski definition) is 0. The Morgan fingerprint density at radius 3 is 2.72 bits per heavy atom. The zero-order valence-corrected chi connectivity index (χ0v) is 12.7. The number of benzene rings is 1. The predicted molar refractivity (Wildman–Crippen MR) is 81.8 cm³/mol. The van der Waals surface area contributed by atoms with Gasteiger partial charge in [0.2, 0.25) is 0 Å². The van der Waals surface area contributed by atoms with E-state index >= 15 is 0 Å². The van der Waals surface area contributed by atoms with Gasteiger partial charge in [-0.05, 0) is 32.2 Å². The summed E-state index contributed by atoms with van der Waals surface area (Å²) in [5.41, 5.74) is 2.27. The van der Waals surface area contributed by atoms with Gasteiger partial charge >= 0.3 is 0 Å². The van der Waals surface area contributed by atoms with Gasteiger partial charge in [-0.2, -0.15) is 11.8 Å². The van der Waals surface area contributed by atoms with Gasteiger partial charge in [-0.25, -0.2) is 4.98 Å². The lowest BCUT2D eigenvalue weighted by Crippen LogP contribution is -2.23. The first-order chi connectivity index (χ1) is 8.57. The number of imidazole rings is 1. The fraction of sp³-hybridized carbons (Fsp3) is 0.500. The Kier molecular flexibility index (Phi) is 4.23. The molecule has 0 saturated carbocycles. The second kappa shape index (κ2) is 5.54. The molecule has 0 aliphatic heterocycles. The highest BCUT2D eigenvalue weighted by atomic mass is 35.5. The van der Waals surface area contributed by atoms with Crippen molar-refractivity contribution in [2.75, 3.05) is 12.1 Å². The number of thioether (sulfide) groups is 1. The van der Waals surface area contributed by atoms with E-state index in [0.29, 0.717) is 5.88 Å². The highest BCUT2D eigenvalue weighted by Gasteiger charge is 2.20. The first kappa shape index (κ1) is 13.8. The summed E-state index contributed by atoms with van der Waals surface area (Å²) in [6.07, 6.45) is 2.97. The molecule has 1 aromatic heterocycles. The molecule has 0 unspecified atom stereocenters. The number of aromatic nitrogens is 2. The second-order valence-corrected chi connectivity index (χ2v) is 6.90. The van der Waals surface area contributed by atoms with Crippen LogP contribution in [0, 0.1) is 0 Å². The van der Waals surface area contributed by atoms with Crippen molar-refractivity contribution < 1.29 is 0 Å². The van der Waals surface area contributed by atoms with Crippen molar-refractivity contribution in [1.29, 1.82) is 0 Å².